The van der Waals surface area contributed by atoms with Crippen LogP contribution in [-0.4, -0.2) is 16.8 Å². The summed E-state index contributed by atoms with van der Waals surface area (Å²) in [7, 11) is 0. The molecule has 0 amide bonds. The molecule has 80 valence electrons. The van der Waals surface area contributed by atoms with Crippen LogP contribution in [0.4, 0.5) is 4.39 Å². The van der Waals surface area contributed by atoms with Crippen LogP contribution in [0.25, 0.3) is 0 Å². The van der Waals surface area contributed by atoms with Crippen molar-refractivity contribution in [1.29, 1.82) is 5.41 Å². The first kappa shape index (κ1) is 11.4. The van der Waals surface area contributed by atoms with E-state index in [1.807, 2.05) is 0 Å². The van der Waals surface area contributed by atoms with E-state index in [1.54, 1.807) is 12.1 Å². The molecular formula is C11H12FNO2. The Morgan fingerprint density at radius 3 is 2.47 bits per heavy atom. The van der Waals surface area contributed by atoms with Gasteiger partial charge in [-0.25, -0.2) is 4.39 Å². The van der Waals surface area contributed by atoms with E-state index < -0.39 is 5.97 Å². The number of rotatable bonds is 5. The van der Waals surface area contributed by atoms with Crippen molar-refractivity contribution in [2.75, 3.05) is 0 Å². The van der Waals surface area contributed by atoms with Gasteiger partial charge in [-0.1, -0.05) is 12.1 Å². The molecule has 2 N–H and O–H groups in total. The number of benzene rings is 1. The summed E-state index contributed by atoms with van der Waals surface area (Å²) in [5, 5.41) is 15.8. The lowest BCUT2D eigenvalue weighted by atomic mass is 10.1. The Labute approximate surface area is 87.1 Å². The molecule has 0 radical (unpaired) electrons. The molecule has 0 aromatic heterocycles. The lowest BCUT2D eigenvalue weighted by molar-refractivity contribution is -0.135. The van der Waals surface area contributed by atoms with E-state index in [2.05, 4.69) is 0 Å². The number of carboxylic acids is 1. The highest BCUT2D eigenvalue weighted by molar-refractivity contribution is 5.96. The molecule has 1 aromatic carbocycles. The van der Waals surface area contributed by atoms with Crippen molar-refractivity contribution in [1.82, 2.24) is 0 Å². The molecule has 0 bridgehead atoms. The van der Waals surface area contributed by atoms with E-state index >= 15 is 0 Å². The summed E-state index contributed by atoms with van der Waals surface area (Å²) in [5.74, 6) is -1.28. The average molecular weight is 209 g/mol. The highest BCUT2D eigenvalue weighted by Gasteiger charge is 2.04. The summed E-state index contributed by atoms with van der Waals surface area (Å²) < 4.78 is 12.5. The number of carbonyl (C=O) groups is 1. The van der Waals surface area contributed by atoms with Crippen LogP contribution in [0.1, 0.15) is 18.4 Å². The minimum absolute atomic E-state index is 0.187. The van der Waals surface area contributed by atoms with Gasteiger partial charge in [0.05, 0.1) is 6.42 Å². The topological polar surface area (TPSA) is 61.2 Å². The third-order valence-electron chi connectivity index (χ3n) is 1.99. The maximum absolute atomic E-state index is 12.5. The molecule has 1 rings (SSSR count). The summed E-state index contributed by atoms with van der Waals surface area (Å²) >= 11 is 0. The SMILES string of the molecule is N=C(CCc1ccc(F)cc1)CC(=O)O. The minimum atomic E-state index is -0.987. The number of aliphatic carboxylic acids is 1. The van der Waals surface area contributed by atoms with Crippen molar-refractivity contribution in [3.05, 3.63) is 35.6 Å². The summed E-state index contributed by atoms with van der Waals surface area (Å²) in [4.78, 5) is 10.3. The average Bonchev–Trinajstić information content (AvgIpc) is 2.16. The number of halogens is 1. The van der Waals surface area contributed by atoms with Gasteiger partial charge in [0.1, 0.15) is 5.82 Å². The fourth-order valence-corrected chi connectivity index (χ4v) is 1.22. The van der Waals surface area contributed by atoms with E-state index in [9.17, 15) is 9.18 Å². The monoisotopic (exact) mass is 209 g/mol. The van der Waals surface area contributed by atoms with Crippen molar-refractivity contribution in [2.45, 2.75) is 19.3 Å². The molecule has 4 heteroatoms. The van der Waals surface area contributed by atoms with Crippen LogP contribution in [-0.2, 0) is 11.2 Å². The molecule has 0 atom stereocenters. The predicted octanol–water partition coefficient (Wildman–Crippen LogP) is 2.25. The van der Waals surface area contributed by atoms with Gasteiger partial charge in [-0.3, -0.25) is 4.79 Å². The molecular weight excluding hydrogens is 197 g/mol. The normalized spacial score (nSPS) is 9.93. The largest absolute Gasteiger partial charge is 0.481 e. The summed E-state index contributed by atoms with van der Waals surface area (Å²) in [6, 6.07) is 6.00. The van der Waals surface area contributed by atoms with Gasteiger partial charge in [0.25, 0.3) is 0 Å². The smallest absolute Gasteiger partial charge is 0.309 e. The van der Waals surface area contributed by atoms with Crippen molar-refractivity contribution in [3.63, 3.8) is 0 Å². The van der Waals surface area contributed by atoms with Crippen molar-refractivity contribution >= 4 is 11.7 Å². The van der Waals surface area contributed by atoms with Gasteiger partial charge in [-0.15, -0.1) is 0 Å². The minimum Gasteiger partial charge on any atom is -0.481 e. The zero-order valence-corrected chi connectivity index (χ0v) is 8.16. The molecule has 0 saturated heterocycles. The fraction of sp³-hybridized carbons (Fsp3) is 0.273. The molecule has 3 nitrogen and oxygen atoms in total. The molecule has 0 unspecified atom stereocenters. The van der Waals surface area contributed by atoms with Gasteiger partial charge >= 0.3 is 5.97 Å². The number of nitrogens with one attached hydrogen (secondary N) is 1. The lowest BCUT2D eigenvalue weighted by Gasteiger charge is -2.01. The van der Waals surface area contributed by atoms with E-state index in [4.69, 9.17) is 10.5 Å². The Kier molecular flexibility index (Phi) is 3.97. The number of aryl methyl sites for hydroxylation is 1. The van der Waals surface area contributed by atoms with Crippen LogP contribution >= 0.6 is 0 Å². The Bertz CT molecular complexity index is 359. The second-order valence-electron chi connectivity index (χ2n) is 3.30. The van der Waals surface area contributed by atoms with E-state index in [1.165, 1.54) is 12.1 Å². The first-order valence-corrected chi connectivity index (χ1v) is 4.60. The maximum atomic E-state index is 12.5. The zero-order chi connectivity index (χ0) is 11.3. The highest BCUT2D eigenvalue weighted by atomic mass is 19.1. The molecule has 0 aliphatic heterocycles. The second kappa shape index (κ2) is 5.24. The van der Waals surface area contributed by atoms with Gasteiger partial charge in [0.15, 0.2) is 0 Å². The van der Waals surface area contributed by atoms with Gasteiger partial charge in [0.2, 0.25) is 0 Å². The lowest BCUT2D eigenvalue weighted by Crippen LogP contribution is -2.06. The fourth-order valence-electron chi connectivity index (χ4n) is 1.22. The standard InChI is InChI=1S/C11H12FNO2/c12-9-4-1-8(2-5-9)3-6-10(13)7-11(14)15/h1-2,4-5,13H,3,6-7H2,(H,14,15). The number of carboxylic acid groups (broad SMARTS) is 1. The molecule has 0 aliphatic carbocycles. The number of hydrogen-bond donors (Lipinski definition) is 2. The third kappa shape index (κ3) is 4.35. The summed E-state index contributed by atoms with van der Waals surface area (Å²) in [6.07, 6.45) is 0.755. The maximum Gasteiger partial charge on any atom is 0.309 e. The van der Waals surface area contributed by atoms with Crippen molar-refractivity contribution in [2.24, 2.45) is 0 Å². The number of hydrogen-bond acceptors (Lipinski definition) is 2. The Hall–Kier alpha value is -1.71. The molecule has 15 heavy (non-hydrogen) atoms. The van der Waals surface area contributed by atoms with Gasteiger partial charge < -0.3 is 10.5 Å². The molecule has 0 saturated carbocycles. The van der Waals surface area contributed by atoms with Crippen LogP contribution in [0.2, 0.25) is 0 Å². The molecule has 1 aromatic rings. The van der Waals surface area contributed by atoms with Crippen LogP contribution < -0.4 is 0 Å². The Balaban J connectivity index is 2.40. The van der Waals surface area contributed by atoms with Crippen molar-refractivity contribution < 1.29 is 14.3 Å². The quantitative estimate of drug-likeness (QED) is 0.730. The van der Waals surface area contributed by atoms with E-state index in [0.29, 0.717) is 12.8 Å². The van der Waals surface area contributed by atoms with Gasteiger partial charge in [-0.2, -0.15) is 0 Å². The van der Waals surface area contributed by atoms with E-state index in [0.717, 1.165) is 5.56 Å². The Morgan fingerprint density at radius 2 is 1.93 bits per heavy atom. The second-order valence-corrected chi connectivity index (χ2v) is 3.30. The molecule has 0 aliphatic rings. The predicted molar refractivity (Wildman–Crippen MR) is 54.7 cm³/mol. The highest BCUT2D eigenvalue weighted by Crippen LogP contribution is 2.06. The molecule has 0 fully saturated rings. The first-order chi connectivity index (χ1) is 7.08. The third-order valence-corrected chi connectivity index (χ3v) is 1.99. The van der Waals surface area contributed by atoms with Gasteiger partial charge in [0, 0.05) is 5.71 Å². The molecule has 0 heterocycles. The van der Waals surface area contributed by atoms with Crippen molar-refractivity contribution in [3.8, 4) is 0 Å². The Morgan fingerprint density at radius 1 is 1.33 bits per heavy atom. The summed E-state index contributed by atoms with van der Waals surface area (Å²) in [5.41, 5.74) is 1.10. The summed E-state index contributed by atoms with van der Waals surface area (Å²) in [6.45, 7) is 0. The zero-order valence-electron chi connectivity index (χ0n) is 8.16. The van der Waals surface area contributed by atoms with Crippen LogP contribution in [0.3, 0.4) is 0 Å². The van der Waals surface area contributed by atoms with Crippen LogP contribution in [0.15, 0.2) is 24.3 Å². The van der Waals surface area contributed by atoms with Crippen LogP contribution in [0.5, 0.6) is 0 Å². The molecule has 0 spiro atoms. The van der Waals surface area contributed by atoms with Gasteiger partial charge in [-0.05, 0) is 30.5 Å². The van der Waals surface area contributed by atoms with E-state index in [-0.39, 0.29) is 17.9 Å². The van der Waals surface area contributed by atoms with Crippen LogP contribution in [0, 0.1) is 11.2 Å². The first-order valence-electron chi connectivity index (χ1n) is 4.60.